The molecule has 0 aromatic carbocycles. The Hall–Kier alpha value is -0.570. The van der Waals surface area contributed by atoms with Crippen molar-refractivity contribution < 1.29 is 9.90 Å². The van der Waals surface area contributed by atoms with Crippen molar-refractivity contribution in [3.05, 3.63) is 0 Å². The van der Waals surface area contributed by atoms with E-state index in [4.69, 9.17) is 5.11 Å². The smallest absolute Gasteiger partial charge is 0.217 e. The Bertz CT molecular complexity index is 104. The minimum Gasteiger partial charge on any atom is -0.394 e. The number of carbonyl (C=O) groups excluding carboxylic acids is 1. The molecule has 3 nitrogen and oxygen atoms in total. The van der Waals surface area contributed by atoms with Crippen molar-refractivity contribution >= 4 is 5.91 Å². The minimum atomic E-state index is -0.0764. The molecule has 0 aliphatic heterocycles. The van der Waals surface area contributed by atoms with Crippen LogP contribution in [0.2, 0.25) is 0 Å². The van der Waals surface area contributed by atoms with E-state index in [1.165, 1.54) is 6.92 Å². The Morgan fingerprint density at radius 1 is 1.70 bits per heavy atom. The highest BCUT2D eigenvalue weighted by molar-refractivity contribution is 5.73. The number of amides is 1. The highest BCUT2D eigenvalue weighted by Gasteiger charge is 2.05. The van der Waals surface area contributed by atoms with Crippen LogP contribution in [0.4, 0.5) is 0 Å². The second-order valence-corrected chi connectivity index (χ2v) is 2.37. The Morgan fingerprint density at radius 3 is 2.60 bits per heavy atom. The van der Waals surface area contributed by atoms with E-state index < -0.39 is 0 Å². The summed E-state index contributed by atoms with van der Waals surface area (Å²) < 4.78 is 0. The van der Waals surface area contributed by atoms with Gasteiger partial charge in [-0.3, -0.25) is 4.79 Å². The van der Waals surface area contributed by atoms with Crippen LogP contribution in [0.3, 0.4) is 0 Å². The molecule has 0 aliphatic rings. The summed E-state index contributed by atoms with van der Waals surface area (Å²) in [6.45, 7) is 3.51. The lowest BCUT2D eigenvalue weighted by Gasteiger charge is -2.12. The molecule has 0 heterocycles. The van der Waals surface area contributed by atoms with Crippen LogP contribution >= 0.6 is 0 Å². The summed E-state index contributed by atoms with van der Waals surface area (Å²) in [6, 6.07) is -0.0532. The number of aliphatic hydroxyl groups excluding tert-OH is 1. The third-order valence-corrected chi connectivity index (χ3v) is 1.26. The van der Waals surface area contributed by atoms with Crippen LogP contribution in [-0.2, 0) is 4.79 Å². The van der Waals surface area contributed by atoms with E-state index in [-0.39, 0.29) is 18.6 Å². The van der Waals surface area contributed by atoms with Gasteiger partial charge in [-0.2, -0.15) is 0 Å². The van der Waals surface area contributed by atoms with E-state index in [1.54, 1.807) is 0 Å². The Morgan fingerprint density at radius 2 is 2.30 bits per heavy atom. The third-order valence-electron chi connectivity index (χ3n) is 1.26. The zero-order chi connectivity index (χ0) is 7.98. The second kappa shape index (κ2) is 5.23. The van der Waals surface area contributed by atoms with Crippen LogP contribution in [0.5, 0.6) is 0 Å². The van der Waals surface area contributed by atoms with Crippen molar-refractivity contribution in [2.45, 2.75) is 32.7 Å². The normalized spacial score (nSPS) is 12.7. The maximum absolute atomic E-state index is 10.5. The molecule has 10 heavy (non-hydrogen) atoms. The largest absolute Gasteiger partial charge is 0.394 e. The molecule has 3 heteroatoms. The quantitative estimate of drug-likeness (QED) is 0.597. The van der Waals surface area contributed by atoms with Crippen molar-refractivity contribution in [3.8, 4) is 0 Å². The molecule has 0 rings (SSSR count). The highest BCUT2D eigenvalue weighted by Crippen LogP contribution is 1.94. The summed E-state index contributed by atoms with van der Waals surface area (Å²) in [5, 5.41) is 11.3. The third kappa shape index (κ3) is 4.32. The molecule has 1 unspecified atom stereocenters. The number of hydrogen-bond acceptors (Lipinski definition) is 2. The lowest BCUT2D eigenvalue weighted by molar-refractivity contribution is -0.120. The molecule has 0 aromatic rings. The van der Waals surface area contributed by atoms with E-state index >= 15 is 0 Å². The van der Waals surface area contributed by atoms with Gasteiger partial charge in [0.1, 0.15) is 0 Å². The van der Waals surface area contributed by atoms with Gasteiger partial charge in [0.25, 0.3) is 0 Å². The van der Waals surface area contributed by atoms with Gasteiger partial charge in [0.15, 0.2) is 0 Å². The van der Waals surface area contributed by atoms with Crippen LogP contribution in [0.1, 0.15) is 26.7 Å². The predicted octanol–water partition coefficient (Wildman–Crippen LogP) is 0.283. The van der Waals surface area contributed by atoms with Crippen molar-refractivity contribution in [3.63, 3.8) is 0 Å². The first kappa shape index (κ1) is 9.43. The summed E-state index contributed by atoms with van der Waals surface area (Å²) in [5.41, 5.74) is 0. The van der Waals surface area contributed by atoms with Crippen LogP contribution < -0.4 is 5.32 Å². The molecule has 0 aliphatic carbocycles. The van der Waals surface area contributed by atoms with Crippen LogP contribution in [0.25, 0.3) is 0 Å². The van der Waals surface area contributed by atoms with Gasteiger partial charge in [-0.05, 0) is 6.42 Å². The molecule has 1 amide bonds. The SMILES string of the molecule is CCCC(CO)NC(C)=O. The van der Waals surface area contributed by atoms with Crippen LogP contribution in [0.15, 0.2) is 0 Å². The zero-order valence-corrected chi connectivity index (χ0v) is 6.55. The molecule has 1 atom stereocenters. The van der Waals surface area contributed by atoms with Crippen LogP contribution in [0, 0.1) is 0 Å². The van der Waals surface area contributed by atoms with Crippen LogP contribution in [-0.4, -0.2) is 23.7 Å². The fraction of sp³-hybridized carbons (Fsp3) is 0.857. The van der Waals surface area contributed by atoms with E-state index in [0.717, 1.165) is 12.8 Å². The highest BCUT2D eigenvalue weighted by atomic mass is 16.3. The molecule has 60 valence electrons. The van der Waals surface area contributed by atoms with Crippen molar-refractivity contribution in [2.24, 2.45) is 0 Å². The predicted molar refractivity (Wildman–Crippen MR) is 39.6 cm³/mol. The summed E-state index contributed by atoms with van der Waals surface area (Å²) in [4.78, 5) is 10.5. The standard InChI is InChI=1S/C7H15NO2/c1-3-4-7(5-9)8-6(2)10/h7,9H,3-5H2,1-2H3,(H,8,10). The maximum atomic E-state index is 10.5. The van der Waals surface area contributed by atoms with Gasteiger partial charge in [-0.25, -0.2) is 0 Å². The number of carbonyl (C=O) groups is 1. The summed E-state index contributed by atoms with van der Waals surface area (Å²) in [6.07, 6.45) is 1.82. The van der Waals surface area contributed by atoms with Gasteiger partial charge in [0.2, 0.25) is 5.91 Å². The zero-order valence-electron chi connectivity index (χ0n) is 6.55. The average molecular weight is 145 g/mol. The number of hydrogen-bond donors (Lipinski definition) is 2. The fourth-order valence-electron chi connectivity index (χ4n) is 0.845. The van der Waals surface area contributed by atoms with Gasteiger partial charge < -0.3 is 10.4 Å². The van der Waals surface area contributed by atoms with Gasteiger partial charge in [0, 0.05) is 6.92 Å². The molecule has 0 bridgehead atoms. The minimum absolute atomic E-state index is 0.0351. The van der Waals surface area contributed by atoms with Crippen molar-refractivity contribution in [1.82, 2.24) is 5.32 Å². The molecule has 0 aromatic heterocycles. The van der Waals surface area contributed by atoms with E-state index in [2.05, 4.69) is 5.32 Å². The maximum Gasteiger partial charge on any atom is 0.217 e. The molecule has 2 N–H and O–H groups in total. The summed E-state index contributed by atoms with van der Waals surface area (Å²) in [7, 11) is 0. The average Bonchev–Trinajstić information content (AvgIpc) is 1.86. The molecule has 0 spiro atoms. The molecule has 0 radical (unpaired) electrons. The summed E-state index contributed by atoms with van der Waals surface area (Å²) in [5.74, 6) is -0.0764. The molecule has 0 fully saturated rings. The van der Waals surface area contributed by atoms with Gasteiger partial charge in [0.05, 0.1) is 12.6 Å². The number of rotatable bonds is 4. The fourth-order valence-corrected chi connectivity index (χ4v) is 0.845. The van der Waals surface area contributed by atoms with E-state index in [9.17, 15) is 4.79 Å². The van der Waals surface area contributed by atoms with Crippen molar-refractivity contribution in [2.75, 3.05) is 6.61 Å². The first-order valence-corrected chi connectivity index (χ1v) is 3.58. The molecular formula is C7H15NO2. The monoisotopic (exact) mass is 145 g/mol. The molecular weight excluding hydrogens is 130 g/mol. The van der Waals surface area contributed by atoms with Gasteiger partial charge in [-0.15, -0.1) is 0 Å². The molecule has 0 saturated heterocycles. The Balaban J connectivity index is 3.49. The Kier molecular flexibility index (Phi) is 4.94. The van der Waals surface area contributed by atoms with E-state index in [0.29, 0.717) is 0 Å². The summed E-state index contributed by atoms with van der Waals surface area (Å²) >= 11 is 0. The first-order valence-electron chi connectivity index (χ1n) is 3.58. The van der Waals surface area contributed by atoms with Gasteiger partial charge >= 0.3 is 0 Å². The topological polar surface area (TPSA) is 49.3 Å². The Labute approximate surface area is 61.4 Å². The van der Waals surface area contributed by atoms with E-state index in [1.807, 2.05) is 6.92 Å². The van der Waals surface area contributed by atoms with Gasteiger partial charge in [-0.1, -0.05) is 13.3 Å². The number of aliphatic hydroxyl groups is 1. The molecule has 0 saturated carbocycles. The second-order valence-electron chi connectivity index (χ2n) is 2.37. The lowest BCUT2D eigenvalue weighted by Crippen LogP contribution is -2.35. The number of nitrogens with one attached hydrogen (secondary N) is 1. The first-order chi connectivity index (χ1) is 4.70. The lowest BCUT2D eigenvalue weighted by atomic mass is 10.2. The van der Waals surface area contributed by atoms with Crippen molar-refractivity contribution in [1.29, 1.82) is 0 Å².